The fourth-order valence-corrected chi connectivity index (χ4v) is 1.79. The van der Waals surface area contributed by atoms with Gasteiger partial charge in [0.05, 0.1) is 0 Å². The second-order valence-corrected chi connectivity index (χ2v) is 4.56. The number of nitrogens with one attached hydrogen (secondary N) is 1. The van der Waals surface area contributed by atoms with Gasteiger partial charge in [0.25, 0.3) is 5.89 Å². The van der Waals surface area contributed by atoms with E-state index in [0.717, 1.165) is 31.7 Å². The van der Waals surface area contributed by atoms with Crippen LogP contribution in [0.15, 0.2) is 28.7 Å². The molecule has 2 rings (SSSR count). The summed E-state index contributed by atoms with van der Waals surface area (Å²) >= 11 is 0. The molecule has 0 spiro atoms. The van der Waals surface area contributed by atoms with Crippen molar-refractivity contribution in [3.63, 3.8) is 0 Å². The fraction of sp³-hybridized carbons (Fsp3) is 0.467. The van der Waals surface area contributed by atoms with Crippen molar-refractivity contribution in [2.45, 2.75) is 39.8 Å². The Morgan fingerprint density at radius 1 is 1.20 bits per heavy atom. The normalized spacial score (nSPS) is 10.7. The van der Waals surface area contributed by atoms with Crippen LogP contribution in [0.2, 0.25) is 0 Å². The van der Waals surface area contributed by atoms with Crippen LogP contribution >= 0.6 is 0 Å². The van der Waals surface area contributed by atoms with E-state index in [1.165, 1.54) is 5.56 Å². The van der Waals surface area contributed by atoms with E-state index in [4.69, 9.17) is 9.15 Å². The summed E-state index contributed by atoms with van der Waals surface area (Å²) in [6.07, 6.45) is 1.87. The first-order valence-corrected chi connectivity index (χ1v) is 7.05. The van der Waals surface area contributed by atoms with Crippen molar-refractivity contribution in [2.75, 3.05) is 6.54 Å². The van der Waals surface area contributed by atoms with E-state index < -0.39 is 0 Å². The second kappa shape index (κ2) is 7.65. The Kier molecular flexibility index (Phi) is 5.55. The molecule has 2 aromatic rings. The molecule has 0 radical (unpaired) electrons. The number of nitrogens with zero attached hydrogens (tertiary/aromatic N) is 2. The molecule has 108 valence electrons. The zero-order valence-electron chi connectivity index (χ0n) is 12.1. The van der Waals surface area contributed by atoms with Crippen molar-refractivity contribution in [1.29, 1.82) is 0 Å². The molecule has 0 bridgehead atoms. The van der Waals surface area contributed by atoms with Crippen molar-refractivity contribution < 1.29 is 9.15 Å². The Morgan fingerprint density at radius 2 is 2.05 bits per heavy atom. The van der Waals surface area contributed by atoms with Gasteiger partial charge >= 0.3 is 0 Å². The summed E-state index contributed by atoms with van der Waals surface area (Å²) in [6.45, 7) is 6.31. The molecule has 0 fully saturated rings. The minimum Gasteiger partial charge on any atom is -0.484 e. The van der Waals surface area contributed by atoms with Gasteiger partial charge in [-0.05, 0) is 30.7 Å². The second-order valence-electron chi connectivity index (χ2n) is 4.56. The van der Waals surface area contributed by atoms with Crippen LogP contribution in [-0.2, 0) is 19.6 Å². The van der Waals surface area contributed by atoms with Crippen LogP contribution in [0.25, 0.3) is 0 Å². The third-order valence-corrected chi connectivity index (χ3v) is 2.83. The highest BCUT2D eigenvalue weighted by Crippen LogP contribution is 2.15. The summed E-state index contributed by atoms with van der Waals surface area (Å²) in [5.41, 5.74) is 1.20. The first kappa shape index (κ1) is 14.5. The molecule has 0 amide bonds. The average molecular weight is 275 g/mol. The van der Waals surface area contributed by atoms with Crippen LogP contribution in [0.3, 0.4) is 0 Å². The van der Waals surface area contributed by atoms with E-state index in [1.807, 2.05) is 25.1 Å². The molecular formula is C15H21N3O2. The maximum atomic E-state index is 5.67. The van der Waals surface area contributed by atoms with Crippen LogP contribution in [-0.4, -0.2) is 16.7 Å². The van der Waals surface area contributed by atoms with Gasteiger partial charge in [-0.25, -0.2) is 0 Å². The predicted molar refractivity (Wildman–Crippen MR) is 76.4 cm³/mol. The zero-order chi connectivity index (χ0) is 14.2. The number of hydrogen-bond acceptors (Lipinski definition) is 5. The average Bonchev–Trinajstić information content (AvgIpc) is 2.94. The van der Waals surface area contributed by atoms with Crippen molar-refractivity contribution in [3.8, 4) is 5.75 Å². The molecule has 0 aliphatic rings. The topological polar surface area (TPSA) is 60.2 Å². The number of aryl methyl sites for hydroxylation is 1. The SMILES string of the molecule is CCCNCc1cccc(OCc2nnc(CC)o2)c1. The summed E-state index contributed by atoms with van der Waals surface area (Å²) in [5.74, 6) is 1.97. The van der Waals surface area contributed by atoms with Crippen molar-refractivity contribution in [2.24, 2.45) is 0 Å². The molecule has 1 aromatic carbocycles. The third-order valence-electron chi connectivity index (χ3n) is 2.83. The molecule has 20 heavy (non-hydrogen) atoms. The van der Waals surface area contributed by atoms with Crippen LogP contribution in [0, 0.1) is 0 Å². The number of benzene rings is 1. The van der Waals surface area contributed by atoms with E-state index in [2.05, 4.69) is 28.5 Å². The predicted octanol–water partition coefficient (Wildman–Crippen LogP) is 2.71. The van der Waals surface area contributed by atoms with Crippen LogP contribution in [0.1, 0.15) is 37.6 Å². The molecule has 5 nitrogen and oxygen atoms in total. The van der Waals surface area contributed by atoms with E-state index in [0.29, 0.717) is 18.4 Å². The largest absolute Gasteiger partial charge is 0.484 e. The quantitative estimate of drug-likeness (QED) is 0.751. The van der Waals surface area contributed by atoms with Crippen LogP contribution in [0.5, 0.6) is 5.75 Å². The summed E-state index contributed by atoms with van der Waals surface area (Å²) in [5, 5.41) is 11.2. The molecule has 1 aromatic heterocycles. The maximum absolute atomic E-state index is 5.67. The Bertz CT molecular complexity index is 525. The maximum Gasteiger partial charge on any atom is 0.253 e. The molecule has 0 saturated carbocycles. The van der Waals surface area contributed by atoms with Gasteiger partial charge in [-0.15, -0.1) is 10.2 Å². The number of hydrogen-bond donors (Lipinski definition) is 1. The lowest BCUT2D eigenvalue weighted by atomic mass is 10.2. The van der Waals surface area contributed by atoms with Gasteiger partial charge in [-0.1, -0.05) is 26.0 Å². The molecular weight excluding hydrogens is 254 g/mol. The van der Waals surface area contributed by atoms with Gasteiger partial charge in [0.2, 0.25) is 5.89 Å². The molecule has 0 unspecified atom stereocenters. The van der Waals surface area contributed by atoms with E-state index in [1.54, 1.807) is 0 Å². The Labute approximate surface area is 119 Å². The highest BCUT2D eigenvalue weighted by molar-refractivity contribution is 5.28. The first-order valence-electron chi connectivity index (χ1n) is 7.05. The molecule has 0 aliphatic heterocycles. The molecule has 0 aliphatic carbocycles. The van der Waals surface area contributed by atoms with Gasteiger partial charge in [0.1, 0.15) is 5.75 Å². The van der Waals surface area contributed by atoms with Crippen LogP contribution in [0.4, 0.5) is 0 Å². The molecule has 1 N–H and O–H groups in total. The van der Waals surface area contributed by atoms with Gasteiger partial charge < -0.3 is 14.5 Å². The van der Waals surface area contributed by atoms with Crippen molar-refractivity contribution in [1.82, 2.24) is 15.5 Å². The fourth-order valence-electron chi connectivity index (χ4n) is 1.79. The van der Waals surface area contributed by atoms with E-state index in [9.17, 15) is 0 Å². The van der Waals surface area contributed by atoms with Crippen LogP contribution < -0.4 is 10.1 Å². The van der Waals surface area contributed by atoms with Crippen molar-refractivity contribution in [3.05, 3.63) is 41.6 Å². The number of aromatic nitrogens is 2. The minimum absolute atomic E-state index is 0.304. The Morgan fingerprint density at radius 3 is 2.80 bits per heavy atom. The lowest BCUT2D eigenvalue weighted by Gasteiger charge is -2.07. The highest BCUT2D eigenvalue weighted by Gasteiger charge is 2.05. The molecule has 5 heteroatoms. The molecule has 0 atom stereocenters. The lowest BCUT2D eigenvalue weighted by Crippen LogP contribution is -2.13. The molecule has 0 saturated heterocycles. The minimum atomic E-state index is 0.304. The highest BCUT2D eigenvalue weighted by atomic mass is 16.5. The van der Waals surface area contributed by atoms with Gasteiger partial charge in [-0.3, -0.25) is 0 Å². The van der Waals surface area contributed by atoms with Crippen molar-refractivity contribution >= 4 is 0 Å². The standard InChI is InChI=1S/C15H21N3O2/c1-3-8-16-10-12-6-5-7-13(9-12)19-11-15-18-17-14(4-2)20-15/h5-7,9,16H,3-4,8,10-11H2,1-2H3. The number of ether oxygens (including phenoxy) is 1. The van der Waals surface area contributed by atoms with Gasteiger partial charge in [-0.2, -0.15) is 0 Å². The number of rotatable bonds is 8. The smallest absolute Gasteiger partial charge is 0.253 e. The third kappa shape index (κ3) is 4.35. The Balaban J connectivity index is 1.87. The molecule has 1 heterocycles. The van der Waals surface area contributed by atoms with Gasteiger partial charge in [0, 0.05) is 13.0 Å². The lowest BCUT2D eigenvalue weighted by molar-refractivity contribution is 0.259. The summed E-state index contributed by atoms with van der Waals surface area (Å²) in [6, 6.07) is 8.03. The van der Waals surface area contributed by atoms with E-state index in [-0.39, 0.29) is 0 Å². The Hall–Kier alpha value is -1.88. The van der Waals surface area contributed by atoms with Gasteiger partial charge in [0.15, 0.2) is 6.61 Å². The summed E-state index contributed by atoms with van der Waals surface area (Å²) < 4.78 is 11.1. The van der Waals surface area contributed by atoms with E-state index >= 15 is 0 Å². The summed E-state index contributed by atoms with van der Waals surface area (Å²) in [7, 11) is 0. The monoisotopic (exact) mass is 275 g/mol. The summed E-state index contributed by atoms with van der Waals surface area (Å²) in [4.78, 5) is 0. The first-order chi connectivity index (χ1) is 9.81. The zero-order valence-corrected chi connectivity index (χ0v) is 12.1.